The Bertz CT molecular complexity index is 382. The first-order chi connectivity index (χ1) is 7.07. The Kier molecular flexibility index (Phi) is 3.81. The molecule has 3 nitrogen and oxygen atoms in total. The van der Waals surface area contributed by atoms with Crippen molar-refractivity contribution in [2.45, 2.75) is 13.8 Å². The molecule has 3 N–H and O–H groups in total. The second-order valence-corrected chi connectivity index (χ2v) is 7.07. The van der Waals surface area contributed by atoms with E-state index in [0.29, 0.717) is 18.0 Å². The topological polar surface area (TPSA) is 55.1 Å². The summed E-state index contributed by atoms with van der Waals surface area (Å²) in [6, 6.07) is 5.55. The van der Waals surface area contributed by atoms with Gasteiger partial charge in [-0.05, 0) is 18.2 Å². The van der Waals surface area contributed by atoms with E-state index in [4.69, 9.17) is 5.73 Å². The van der Waals surface area contributed by atoms with E-state index in [1.165, 1.54) is 0 Å². The van der Waals surface area contributed by atoms with Gasteiger partial charge >= 0.3 is 0 Å². The molecule has 0 heterocycles. The van der Waals surface area contributed by atoms with E-state index in [9.17, 15) is 4.57 Å². The zero-order chi connectivity index (χ0) is 11.5. The highest BCUT2D eigenvalue weighted by Gasteiger charge is 2.23. The van der Waals surface area contributed by atoms with E-state index < -0.39 is 7.14 Å². The minimum atomic E-state index is -2.26. The summed E-state index contributed by atoms with van der Waals surface area (Å²) >= 11 is 0. The molecule has 0 radical (unpaired) electrons. The molecule has 0 bridgehead atoms. The summed E-state index contributed by atoms with van der Waals surface area (Å²) in [6.45, 7) is 3.93. The first kappa shape index (κ1) is 12.1. The highest BCUT2D eigenvalue weighted by atomic mass is 31.2. The van der Waals surface area contributed by atoms with Gasteiger partial charge in [-0.25, -0.2) is 0 Å². The number of nitrogen functional groups attached to an aromatic ring is 1. The number of benzene rings is 1. The first-order valence-electron chi connectivity index (χ1n) is 5.23. The Morgan fingerprint density at radius 1 is 1.33 bits per heavy atom. The molecule has 84 valence electrons. The minimum Gasteiger partial charge on any atom is -0.399 e. The molecule has 0 aromatic heterocycles. The highest BCUT2D eigenvalue weighted by molar-refractivity contribution is 7.71. The fourth-order valence-corrected chi connectivity index (χ4v) is 3.80. The third-order valence-corrected chi connectivity index (χ3v) is 6.04. The molecule has 0 amide bonds. The molecule has 0 aliphatic carbocycles. The lowest BCUT2D eigenvalue weighted by Crippen LogP contribution is -2.14. The van der Waals surface area contributed by atoms with Crippen molar-refractivity contribution < 1.29 is 4.57 Å². The number of hydrogen-bond donors (Lipinski definition) is 2. The lowest BCUT2D eigenvalue weighted by atomic mass is 10.3. The average Bonchev–Trinajstić information content (AvgIpc) is 2.28. The number of nitrogens with two attached hydrogens (primary N) is 1. The Hall–Kier alpha value is -0.950. The summed E-state index contributed by atoms with van der Waals surface area (Å²) in [5, 5.41) is 3.95. The van der Waals surface area contributed by atoms with E-state index in [1.807, 2.05) is 39.1 Å². The first-order valence-corrected chi connectivity index (χ1v) is 7.31. The Morgan fingerprint density at radius 2 is 1.93 bits per heavy atom. The van der Waals surface area contributed by atoms with Crippen molar-refractivity contribution in [1.82, 2.24) is 0 Å². The second kappa shape index (κ2) is 4.71. The van der Waals surface area contributed by atoms with Crippen molar-refractivity contribution in [2.24, 2.45) is 0 Å². The van der Waals surface area contributed by atoms with Crippen LogP contribution in [0.25, 0.3) is 0 Å². The zero-order valence-electron chi connectivity index (χ0n) is 9.58. The molecule has 0 unspecified atom stereocenters. The van der Waals surface area contributed by atoms with Crippen LogP contribution in [-0.4, -0.2) is 19.4 Å². The largest absolute Gasteiger partial charge is 0.399 e. The van der Waals surface area contributed by atoms with Crippen LogP contribution >= 0.6 is 7.14 Å². The van der Waals surface area contributed by atoms with Crippen LogP contribution in [0.2, 0.25) is 0 Å². The SMILES string of the molecule is CCP(=O)(CC)c1cc(N)ccc1NC. The van der Waals surface area contributed by atoms with Gasteiger partial charge in [-0.3, -0.25) is 0 Å². The van der Waals surface area contributed by atoms with Gasteiger partial charge in [0.2, 0.25) is 0 Å². The van der Waals surface area contributed by atoms with Crippen molar-refractivity contribution in [3.05, 3.63) is 18.2 Å². The standard InChI is InChI=1S/C11H19N2OP/c1-4-15(14,5-2)11-8-9(12)6-7-10(11)13-3/h6-8,13H,4-5,12H2,1-3H3. The maximum atomic E-state index is 12.6. The lowest BCUT2D eigenvalue weighted by Gasteiger charge is -2.18. The van der Waals surface area contributed by atoms with Crippen LogP contribution in [0.4, 0.5) is 11.4 Å². The summed E-state index contributed by atoms with van der Waals surface area (Å²) in [5.74, 6) is 0. The number of rotatable bonds is 4. The van der Waals surface area contributed by atoms with Crippen molar-refractivity contribution in [1.29, 1.82) is 0 Å². The van der Waals surface area contributed by atoms with E-state index in [1.54, 1.807) is 0 Å². The summed E-state index contributed by atoms with van der Waals surface area (Å²) in [5.41, 5.74) is 7.34. The molecule has 1 aromatic rings. The van der Waals surface area contributed by atoms with Gasteiger partial charge in [0.25, 0.3) is 0 Å². The van der Waals surface area contributed by atoms with Crippen molar-refractivity contribution in [3.8, 4) is 0 Å². The lowest BCUT2D eigenvalue weighted by molar-refractivity contribution is 0.582. The van der Waals surface area contributed by atoms with Gasteiger partial charge in [-0.1, -0.05) is 13.8 Å². The van der Waals surface area contributed by atoms with Crippen LogP contribution in [0.5, 0.6) is 0 Å². The molecule has 0 aliphatic rings. The average molecular weight is 226 g/mol. The van der Waals surface area contributed by atoms with Crippen molar-refractivity contribution in [3.63, 3.8) is 0 Å². The van der Waals surface area contributed by atoms with Crippen LogP contribution in [0.15, 0.2) is 18.2 Å². The van der Waals surface area contributed by atoms with Gasteiger partial charge in [0.05, 0.1) is 0 Å². The summed E-state index contributed by atoms with van der Waals surface area (Å²) in [4.78, 5) is 0. The minimum absolute atomic E-state index is 0.672. The highest BCUT2D eigenvalue weighted by Crippen LogP contribution is 2.45. The summed E-state index contributed by atoms with van der Waals surface area (Å²) in [6.07, 6.45) is 1.36. The van der Waals surface area contributed by atoms with Crippen LogP contribution in [0.1, 0.15) is 13.8 Å². The molecule has 1 rings (SSSR count). The van der Waals surface area contributed by atoms with Gasteiger partial charge in [0.15, 0.2) is 0 Å². The Labute approximate surface area is 91.4 Å². The molecule has 0 saturated carbocycles. The number of hydrogen-bond acceptors (Lipinski definition) is 3. The van der Waals surface area contributed by atoms with E-state index in [0.717, 1.165) is 11.0 Å². The van der Waals surface area contributed by atoms with Gasteiger partial charge in [0.1, 0.15) is 7.14 Å². The maximum absolute atomic E-state index is 12.6. The normalized spacial score (nSPS) is 11.4. The molecular formula is C11H19N2OP. The van der Waals surface area contributed by atoms with Gasteiger partial charge in [0, 0.05) is 36.1 Å². The number of nitrogens with one attached hydrogen (secondary N) is 1. The number of anilines is 2. The van der Waals surface area contributed by atoms with E-state index in [-0.39, 0.29) is 0 Å². The fraction of sp³-hybridized carbons (Fsp3) is 0.455. The predicted octanol–water partition coefficient (Wildman–Crippen LogP) is 2.34. The second-order valence-electron chi connectivity index (χ2n) is 3.55. The third-order valence-electron chi connectivity index (χ3n) is 2.75. The van der Waals surface area contributed by atoms with Crippen LogP contribution in [-0.2, 0) is 4.57 Å². The molecule has 0 saturated heterocycles. The molecule has 0 aliphatic heterocycles. The fourth-order valence-electron chi connectivity index (χ4n) is 1.66. The molecule has 4 heteroatoms. The van der Waals surface area contributed by atoms with E-state index in [2.05, 4.69) is 5.32 Å². The van der Waals surface area contributed by atoms with Crippen LogP contribution in [0.3, 0.4) is 0 Å². The zero-order valence-corrected chi connectivity index (χ0v) is 10.5. The maximum Gasteiger partial charge on any atom is 0.117 e. The van der Waals surface area contributed by atoms with Crippen molar-refractivity contribution in [2.75, 3.05) is 30.4 Å². The smallest absolute Gasteiger partial charge is 0.117 e. The molecule has 0 spiro atoms. The van der Waals surface area contributed by atoms with E-state index >= 15 is 0 Å². The quantitative estimate of drug-likeness (QED) is 0.612. The van der Waals surface area contributed by atoms with Gasteiger partial charge in [-0.2, -0.15) is 0 Å². The molecule has 1 aromatic carbocycles. The van der Waals surface area contributed by atoms with Crippen molar-refractivity contribution >= 4 is 23.8 Å². The Balaban J connectivity index is 3.33. The molecular weight excluding hydrogens is 207 g/mol. The Morgan fingerprint density at radius 3 is 2.40 bits per heavy atom. The summed E-state index contributed by atoms with van der Waals surface area (Å²) in [7, 11) is -0.419. The van der Waals surface area contributed by atoms with Crippen LogP contribution in [0, 0.1) is 0 Å². The predicted molar refractivity (Wildman–Crippen MR) is 68.7 cm³/mol. The third kappa shape index (κ3) is 2.35. The molecule has 15 heavy (non-hydrogen) atoms. The molecule has 0 fully saturated rings. The summed E-state index contributed by atoms with van der Waals surface area (Å²) < 4.78 is 12.6. The van der Waals surface area contributed by atoms with Gasteiger partial charge in [-0.15, -0.1) is 0 Å². The van der Waals surface area contributed by atoms with Crippen LogP contribution < -0.4 is 16.4 Å². The monoisotopic (exact) mass is 226 g/mol. The van der Waals surface area contributed by atoms with Gasteiger partial charge < -0.3 is 15.6 Å². The molecule has 0 atom stereocenters.